The van der Waals surface area contributed by atoms with E-state index in [1.165, 1.54) is 31.0 Å². The highest BCUT2D eigenvalue weighted by atomic mass is 32.2. The Kier molecular flexibility index (Phi) is 6.57. The first-order valence-corrected chi connectivity index (χ1v) is 11.5. The third kappa shape index (κ3) is 4.78. The average Bonchev–Trinajstić information content (AvgIpc) is 3.40. The van der Waals surface area contributed by atoms with E-state index in [9.17, 15) is 4.79 Å². The smallest absolute Gasteiger partial charge is 0.230 e. The Morgan fingerprint density at radius 1 is 1.13 bits per heavy atom. The van der Waals surface area contributed by atoms with Crippen LogP contribution in [0.4, 0.5) is 0 Å². The molecule has 2 aromatic heterocycles. The van der Waals surface area contributed by atoms with Crippen LogP contribution in [0.3, 0.4) is 0 Å². The first-order chi connectivity index (χ1) is 14.6. The quantitative estimate of drug-likeness (QED) is 0.560. The standard InChI is InChI=1S/C23H28N4O2S/c1-16-8-6-9-17(2)21(16)24-20(28)15-30-23-26-25-22(19-12-7-13-29-19)27(23)14-18-10-4-3-5-11-18/h3-5,7,10-13,16-17,21H,6,8-9,14-15H2,1-2H3,(H,24,28). The van der Waals surface area contributed by atoms with Crippen molar-refractivity contribution in [2.75, 3.05) is 5.75 Å². The van der Waals surface area contributed by atoms with Gasteiger partial charge in [0.25, 0.3) is 0 Å². The van der Waals surface area contributed by atoms with Crippen molar-refractivity contribution in [2.45, 2.75) is 50.9 Å². The highest BCUT2D eigenvalue weighted by Crippen LogP contribution is 2.29. The maximum Gasteiger partial charge on any atom is 0.230 e. The third-order valence-electron chi connectivity index (χ3n) is 5.85. The summed E-state index contributed by atoms with van der Waals surface area (Å²) in [5, 5.41) is 12.7. The summed E-state index contributed by atoms with van der Waals surface area (Å²) in [5.74, 6) is 2.76. The van der Waals surface area contributed by atoms with Crippen LogP contribution in [-0.2, 0) is 11.3 Å². The Labute approximate surface area is 181 Å². The number of rotatable bonds is 7. The van der Waals surface area contributed by atoms with Crippen molar-refractivity contribution in [3.63, 3.8) is 0 Å². The number of carbonyl (C=O) groups is 1. The Balaban J connectivity index is 1.47. The summed E-state index contributed by atoms with van der Waals surface area (Å²) in [7, 11) is 0. The topological polar surface area (TPSA) is 73.0 Å². The molecule has 0 spiro atoms. The molecule has 1 fully saturated rings. The average molecular weight is 425 g/mol. The van der Waals surface area contributed by atoms with E-state index in [2.05, 4.69) is 41.5 Å². The maximum atomic E-state index is 12.7. The van der Waals surface area contributed by atoms with Gasteiger partial charge in [-0.15, -0.1) is 10.2 Å². The van der Waals surface area contributed by atoms with Crippen LogP contribution in [0.25, 0.3) is 11.6 Å². The lowest BCUT2D eigenvalue weighted by atomic mass is 9.79. The van der Waals surface area contributed by atoms with Crippen LogP contribution in [0.1, 0.15) is 38.7 Å². The van der Waals surface area contributed by atoms with Crippen molar-refractivity contribution in [1.29, 1.82) is 0 Å². The van der Waals surface area contributed by atoms with E-state index in [0.717, 1.165) is 5.56 Å². The maximum absolute atomic E-state index is 12.7. The molecule has 7 heteroatoms. The van der Waals surface area contributed by atoms with Crippen molar-refractivity contribution in [1.82, 2.24) is 20.1 Å². The fraction of sp³-hybridized carbons (Fsp3) is 0.435. The largest absolute Gasteiger partial charge is 0.461 e. The SMILES string of the molecule is CC1CCCC(C)C1NC(=O)CSc1nnc(-c2ccco2)n1Cc1ccccc1. The Bertz CT molecular complexity index is 945. The van der Waals surface area contributed by atoms with Gasteiger partial charge in [0.1, 0.15) is 0 Å². The molecule has 1 amide bonds. The minimum atomic E-state index is 0.0550. The number of hydrogen-bond donors (Lipinski definition) is 1. The number of amides is 1. The summed E-state index contributed by atoms with van der Waals surface area (Å²) < 4.78 is 7.56. The molecule has 2 unspecified atom stereocenters. The van der Waals surface area contributed by atoms with E-state index in [0.29, 0.717) is 40.9 Å². The number of thioether (sulfide) groups is 1. The molecule has 2 heterocycles. The molecular formula is C23H28N4O2S. The summed E-state index contributed by atoms with van der Waals surface area (Å²) in [6, 6.07) is 14.1. The summed E-state index contributed by atoms with van der Waals surface area (Å²) in [6.07, 6.45) is 5.24. The minimum absolute atomic E-state index is 0.0550. The van der Waals surface area contributed by atoms with Gasteiger partial charge in [-0.05, 0) is 42.4 Å². The molecular weight excluding hydrogens is 396 g/mol. The number of aromatic nitrogens is 3. The van der Waals surface area contributed by atoms with E-state index in [-0.39, 0.29) is 11.9 Å². The molecule has 158 valence electrons. The normalized spacial score (nSPS) is 21.5. The monoisotopic (exact) mass is 424 g/mol. The number of hydrogen-bond acceptors (Lipinski definition) is 5. The fourth-order valence-corrected chi connectivity index (χ4v) is 4.96. The highest BCUT2D eigenvalue weighted by molar-refractivity contribution is 7.99. The number of benzene rings is 1. The van der Waals surface area contributed by atoms with Gasteiger partial charge in [0.2, 0.25) is 11.7 Å². The van der Waals surface area contributed by atoms with Gasteiger partial charge in [0.15, 0.2) is 10.9 Å². The molecule has 30 heavy (non-hydrogen) atoms. The molecule has 0 radical (unpaired) electrons. The lowest BCUT2D eigenvalue weighted by Crippen LogP contribution is -2.46. The Morgan fingerprint density at radius 2 is 1.90 bits per heavy atom. The van der Waals surface area contributed by atoms with Gasteiger partial charge in [-0.2, -0.15) is 0 Å². The van der Waals surface area contributed by atoms with E-state index in [1.807, 2.05) is 34.9 Å². The summed E-state index contributed by atoms with van der Waals surface area (Å²) >= 11 is 1.42. The molecule has 1 aromatic carbocycles. The van der Waals surface area contributed by atoms with Gasteiger partial charge in [-0.1, -0.05) is 62.4 Å². The molecule has 0 bridgehead atoms. The van der Waals surface area contributed by atoms with Crippen LogP contribution >= 0.6 is 11.8 Å². The number of nitrogens with one attached hydrogen (secondary N) is 1. The summed E-state index contributed by atoms with van der Waals surface area (Å²) in [4.78, 5) is 12.7. The number of furan rings is 1. The molecule has 3 aromatic rings. The third-order valence-corrected chi connectivity index (χ3v) is 6.81. The molecule has 6 nitrogen and oxygen atoms in total. The zero-order valence-corrected chi connectivity index (χ0v) is 18.3. The first-order valence-electron chi connectivity index (χ1n) is 10.5. The Morgan fingerprint density at radius 3 is 2.60 bits per heavy atom. The van der Waals surface area contributed by atoms with Crippen LogP contribution in [0.2, 0.25) is 0 Å². The lowest BCUT2D eigenvalue weighted by molar-refractivity contribution is -0.120. The van der Waals surface area contributed by atoms with Gasteiger partial charge in [0, 0.05) is 6.04 Å². The van der Waals surface area contributed by atoms with E-state index >= 15 is 0 Å². The zero-order chi connectivity index (χ0) is 20.9. The van der Waals surface area contributed by atoms with Gasteiger partial charge >= 0.3 is 0 Å². The van der Waals surface area contributed by atoms with Gasteiger partial charge in [-0.25, -0.2) is 0 Å². The second-order valence-corrected chi connectivity index (χ2v) is 9.07. The highest BCUT2D eigenvalue weighted by Gasteiger charge is 2.29. The molecule has 0 saturated heterocycles. The van der Waals surface area contributed by atoms with E-state index < -0.39 is 0 Å². The van der Waals surface area contributed by atoms with Crippen LogP contribution in [0.5, 0.6) is 0 Å². The van der Waals surface area contributed by atoms with Crippen LogP contribution in [-0.4, -0.2) is 32.5 Å². The molecule has 1 aliphatic carbocycles. The number of carbonyl (C=O) groups excluding carboxylic acids is 1. The second kappa shape index (κ2) is 9.51. The molecule has 1 aliphatic rings. The van der Waals surface area contributed by atoms with Gasteiger partial charge in [-0.3, -0.25) is 9.36 Å². The van der Waals surface area contributed by atoms with Crippen LogP contribution in [0, 0.1) is 11.8 Å². The molecule has 2 atom stereocenters. The van der Waals surface area contributed by atoms with Crippen molar-refractivity contribution in [3.05, 3.63) is 54.3 Å². The summed E-state index contributed by atoms with van der Waals surface area (Å²) in [6.45, 7) is 5.09. The Hall–Kier alpha value is -2.54. The molecule has 4 rings (SSSR count). The van der Waals surface area contributed by atoms with E-state index in [1.54, 1.807) is 6.26 Å². The van der Waals surface area contributed by atoms with Crippen molar-refractivity contribution in [3.8, 4) is 11.6 Å². The van der Waals surface area contributed by atoms with E-state index in [4.69, 9.17) is 4.42 Å². The van der Waals surface area contributed by atoms with Crippen molar-refractivity contribution in [2.24, 2.45) is 11.8 Å². The lowest BCUT2D eigenvalue weighted by Gasteiger charge is -2.35. The minimum Gasteiger partial charge on any atom is -0.461 e. The van der Waals surface area contributed by atoms with Crippen LogP contribution < -0.4 is 5.32 Å². The van der Waals surface area contributed by atoms with Gasteiger partial charge < -0.3 is 9.73 Å². The van der Waals surface area contributed by atoms with Crippen molar-refractivity contribution < 1.29 is 9.21 Å². The van der Waals surface area contributed by atoms with Crippen LogP contribution in [0.15, 0.2) is 58.3 Å². The predicted molar refractivity (Wildman–Crippen MR) is 118 cm³/mol. The van der Waals surface area contributed by atoms with Crippen molar-refractivity contribution >= 4 is 17.7 Å². The fourth-order valence-electron chi connectivity index (χ4n) is 4.22. The molecule has 0 aliphatic heterocycles. The first kappa shape index (κ1) is 20.7. The molecule has 1 saturated carbocycles. The predicted octanol–water partition coefficient (Wildman–Crippen LogP) is 4.62. The molecule has 1 N–H and O–H groups in total. The summed E-state index contributed by atoms with van der Waals surface area (Å²) in [5.41, 5.74) is 1.14. The zero-order valence-electron chi connectivity index (χ0n) is 17.5. The second-order valence-electron chi connectivity index (χ2n) is 8.12. The number of nitrogens with zero attached hydrogens (tertiary/aromatic N) is 3. The van der Waals surface area contributed by atoms with Gasteiger partial charge in [0.05, 0.1) is 18.6 Å².